The quantitative estimate of drug-likeness (QED) is 0.811. The fourth-order valence-corrected chi connectivity index (χ4v) is 2.04. The number of hydrogen-bond acceptors (Lipinski definition) is 4. The number of aromatic nitrogens is 2. The Hall–Kier alpha value is -0.970. The smallest absolute Gasteiger partial charge is 0.268 e. The lowest BCUT2D eigenvalue weighted by Crippen LogP contribution is -2.29. The zero-order chi connectivity index (χ0) is 13.0. The van der Waals surface area contributed by atoms with Gasteiger partial charge in [0.1, 0.15) is 0 Å². The van der Waals surface area contributed by atoms with Crippen LogP contribution < -0.4 is 10.5 Å². The zero-order valence-corrected chi connectivity index (χ0v) is 11.8. The summed E-state index contributed by atoms with van der Waals surface area (Å²) >= 11 is 4.32. The maximum absolute atomic E-state index is 11.9. The van der Waals surface area contributed by atoms with Gasteiger partial charge in [0.15, 0.2) is 0 Å². The summed E-state index contributed by atoms with van der Waals surface area (Å²) in [5.74, 6) is 1.63. The number of rotatable bonds is 5. The molecule has 0 aromatic carbocycles. The number of hydrogen-bond donors (Lipinski definition) is 1. The minimum absolute atomic E-state index is 0.0522. The SMILES string of the molecule is CC(C)C(CS)Cn1ncc(N(C)C)cc1=O. The van der Waals surface area contributed by atoms with Crippen LogP contribution >= 0.6 is 12.6 Å². The third kappa shape index (κ3) is 3.77. The summed E-state index contributed by atoms with van der Waals surface area (Å²) in [4.78, 5) is 13.7. The third-order valence-corrected chi connectivity index (χ3v) is 3.43. The molecule has 0 amide bonds. The lowest BCUT2D eigenvalue weighted by atomic mass is 9.98. The van der Waals surface area contributed by atoms with Crippen LogP contribution in [0.1, 0.15) is 13.8 Å². The second kappa shape index (κ2) is 6.10. The number of thiol groups is 1. The number of nitrogens with zero attached hydrogens (tertiary/aromatic N) is 3. The van der Waals surface area contributed by atoms with E-state index in [-0.39, 0.29) is 5.56 Å². The average molecular weight is 255 g/mol. The van der Waals surface area contributed by atoms with Gasteiger partial charge in [-0.15, -0.1) is 0 Å². The molecule has 0 N–H and O–H groups in total. The topological polar surface area (TPSA) is 38.1 Å². The van der Waals surface area contributed by atoms with E-state index in [9.17, 15) is 4.79 Å². The van der Waals surface area contributed by atoms with Gasteiger partial charge in [0.25, 0.3) is 5.56 Å². The molecule has 1 unspecified atom stereocenters. The second-order valence-electron chi connectivity index (χ2n) is 4.82. The maximum Gasteiger partial charge on any atom is 0.268 e. The minimum atomic E-state index is -0.0522. The van der Waals surface area contributed by atoms with Crippen LogP contribution in [0.3, 0.4) is 0 Å². The Bertz CT molecular complexity index is 414. The molecule has 0 spiro atoms. The summed E-state index contributed by atoms with van der Waals surface area (Å²) in [5.41, 5.74) is 0.779. The van der Waals surface area contributed by atoms with Crippen LogP contribution in [0.5, 0.6) is 0 Å². The van der Waals surface area contributed by atoms with Gasteiger partial charge in [0.05, 0.1) is 11.9 Å². The molecule has 5 heteroatoms. The molecule has 0 bridgehead atoms. The molecule has 1 atom stereocenters. The Balaban J connectivity index is 2.89. The predicted octanol–water partition coefficient (Wildman–Crippen LogP) is 1.51. The van der Waals surface area contributed by atoms with Gasteiger partial charge in [-0.05, 0) is 17.6 Å². The van der Waals surface area contributed by atoms with Crippen molar-refractivity contribution >= 4 is 18.3 Å². The molecule has 1 heterocycles. The first kappa shape index (κ1) is 14.1. The van der Waals surface area contributed by atoms with Crippen LogP contribution in [0.15, 0.2) is 17.1 Å². The van der Waals surface area contributed by atoms with E-state index in [0.29, 0.717) is 18.4 Å². The second-order valence-corrected chi connectivity index (χ2v) is 5.18. The Morgan fingerprint density at radius 2 is 2.12 bits per heavy atom. The van der Waals surface area contributed by atoms with E-state index in [1.54, 1.807) is 12.3 Å². The normalized spacial score (nSPS) is 12.8. The van der Waals surface area contributed by atoms with E-state index >= 15 is 0 Å². The van der Waals surface area contributed by atoms with E-state index in [0.717, 1.165) is 11.4 Å². The summed E-state index contributed by atoms with van der Waals surface area (Å²) in [7, 11) is 3.79. The molecule has 0 saturated carbocycles. The van der Waals surface area contributed by atoms with Crippen LogP contribution in [0.2, 0.25) is 0 Å². The Morgan fingerprint density at radius 3 is 2.53 bits per heavy atom. The van der Waals surface area contributed by atoms with E-state index in [2.05, 4.69) is 31.6 Å². The van der Waals surface area contributed by atoms with Gasteiger partial charge in [-0.2, -0.15) is 17.7 Å². The fraction of sp³-hybridized carbons (Fsp3) is 0.667. The van der Waals surface area contributed by atoms with Gasteiger partial charge in [0, 0.05) is 26.7 Å². The molecule has 1 rings (SSSR count). The van der Waals surface area contributed by atoms with Crippen LogP contribution in [0.4, 0.5) is 5.69 Å². The Labute approximate surface area is 108 Å². The molecule has 17 heavy (non-hydrogen) atoms. The summed E-state index contributed by atoms with van der Waals surface area (Å²) < 4.78 is 1.52. The summed E-state index contributed by atoms with van der Waals surface area (Å²) in [6.45, 7) is 4.91. The molecule has 0 aliphatic heterocycles. The van der Waals surface area contributed by atoms with Crippen LogP contribution in [-0.4, -0.2) is 29.6 Å². The molecule has 0 radical (unpaired) electrons. The maximum atomic E-state index is 11.9. The first-order valence-electron chi connectivity index (χ1n) is 5.81. The van der Waals surface area contributed by atoms with Crippen molar-refractivity contribution in [2.75, 3.05) is 24.7 Å². The zero-order valence-electron chi connectivity index (χ0n) is 10.9. The van der Waals surface area contributed by atoms with E-state index in [4.69, 9.17) is 0 Å². The van der Waals surface area contributed by atoms with Gasteiger partial charge >= 0.3 is 0 Å². The van der Waals surface area contributed by atoms with Gasteiger partial charge in [0.2, 0.25) is 0 Å². The highest BCUT2D eigenvalue weighted by molar-refractivity contribution is 7.80. The van der Waals surface area contributed by atoms with E-state index in [1.165, 1.54) is 4.68 Å². The Morgan fingerprint density at radius 1 is 1.47 bits per heavy atom. The third-order valence-electron chi connectivity index (χ3n) is 2.96. The molecule has 1 aromatic rings. The minimum Gasteiger partial charge on any atom is -0.376 e. The van der Waals surface area contributed by atoms with Gasteiger partial charge in [-0.1, -0.05) is 13.8 Å². The van der Waals surface area contributed by atoms with Crippen LogP contribution in [0.25, 0.3) is 0 Å². The molecule has 0 aliphatic rings. The number of anilines is 1. The Kier molecular flexibility index (Phi) is 5.05. The molecule has 0 fully saturated rings. The van der Waals surface area contributed by atoms with Crippen molar-refractivity contribution in [1.82, 2.24) is 9.78 Å². The van der Waals surface area contributed by atoms with Crippen molar-refractivity contribution in [3.63, 3.8) is 0 Å². The largest absolute Gasteiger partial charge is 0.376 e. The van der Waals surface area contributed by atoms with E-state index in [1.807, 2.05) is 19.0 Å². The summed E-state index contributed by atoms with van der Waals surface area (Å²) in [6, 6.07) is 1.61. The molecule has 1 aromatic heterocycles. The molecule has 0 saturated heterocycles. The van der Waals surface area contributed by atoms with Crippen molar-refractivity contribution in [3.8, 4) is 0 Å². The van der Waals surface area contributed by atoms with Crippen molar-refractivity contribution in [2.24, 2.45) is 11.8 Å². The average Bonchev–Trinajstić information content (AvgIpc) is 2.26. The van der Waals surface area contributed by atoms with Crippen molar-refractivity contribution in [1.29, 1.82) is 0 Å². The van der Waals surface area contributed by atoms with E-state index < -0.39 is 0 Å². The molecule has 96 valence electrons. The highest BCUT2D eigenvalue weighted by Gasteiger charge is 2.13. The highest BCUT2D eigenvalue weighted by atomic mass is 32.1. The lowest BCUT2D eigenvalue weighted by molar-refractivity contribution is 0.347. The van der Waals surface area contributed by atoms with Gasteiger partial charge in [-0.25, -0.2) is 4.68 Å². The van der Waals surface area contributed by atoms with Crippen LogP contribution in [-0.2, 0) is 6.54 Å². The van der Waals surface area contributed by atoms with Gasteiger partial charge < -0.3 is 4.90 Å². The monoisotopic (exact) mass is 255 g/mol. The standard InChI is InChI=1S/C12H21N3OS/c1-9(2)10(8-17)7-15-12(16)5-11(6-13-15)14(3)4/h5-6,9-10,17H,7-8H2,1-4H3. The lowest BCUT2D eigenvalue weighted by Gasteiger charge is -2.19. The molecular weight excluding hydrogens is 234 g/mol. The fourth-order valence-electron chi connectivity index (χ4n) is 1.51. The van der Waals surface area contributed by atoms with Crippen molar-refractivity contribution < 1.29 is 0 Å². The van der Waals surface area contributed by atoms with Crippen molar-refractivity contribution in [2.45, 2.75) is 20.4 Å². The first-order valence-corrected chi connectivity index (χ1v) is 6.44. The predicted molar refractivity (Wildman–Crippen MR) is 75.0 cm³/mol. The van der Waals surface area contributed by atoms with Crippen LogP contribution in [0, 0.1) is 11.8 Å². The highest BCUT2D eigenvalue weighted by Crippen LogP contribution is 2.14. The van der Waals surface area contributed by atoms with Crippen molar-refractivity contribution in [3.05, 3.63) is 22.6 Å². The molecule has 0 aliphatic carbocycles. The molecular formula is C12H21N3OS. The summed E-state index contributed by atoms with van der Waals surface area (Å²) in [6.07, 6.45) is 1.72. The first-order chi connectivity index (χ1) is 7.95. The van der Waals surface area contributed by atoms with Gasteiger partial charge in [-0.3, -0.25) is 4.79 Å². The summed E-state index contributed by atoms with van der Waals surface area (Å²) in [5, 5.41) is 4.20. The molecule has 4 nitrogen and oxygen atoms in total.